The molecule has 34 heavy (non-hydrogen) atoms. The number of benzene rings is 2. The number of urea groups is 1. The fourth-order valence-corrected chi connectivity index (χ4v) is 3.68. The van der Waals surface area contributed by atoms with E-state index in [-0.39, 0.29) is 16.7 Å². The summed E-state index contributed by atoms with van der Waals surface area (Å²) in [5.74, 6) is -3.49. The Labute approximate surface area is 193 Å². The summed E-state index contributed by atoms with van der Waals surface area (Å²) in [6, 6.07) is 7.70. The van der Waals surface area contributed by atoms with Gasteiger partial charge in [-0.1, -0.05) is 19.1 Å². The van der Waals surface area contributed by atoms with E-state index in [1.807, 2.05) is 6.92 Å². The minimum absolute atomic E-state index is 0.0754. The van der Waals surface area contributed by atoms with Crippen molar-refractivity contribution in [3.05, 3.63) is 65.2 Å². The van der Waals surface area contributed by atoms with E-state index < -0.39 is 41.6 Å². The highest BCUT2D eigenvalue weighted by molar-refractivity contribution is 6.00. The van der Waals surface area contributed by atoms with Crippen molar-refractivity contribution in [1.29, 1.82) is 0 Å². The molecule has 0 saturated carbocycles. The standard InChI is InChI=1S/C23H23F3N2O6/c1-3-12-34-16-10-8-14(9-11-16)19(29)17-18(13-4-6-15(7-5-13)20(30)33-2)27-21(31)28-22(17,32)23(24,25)26/h4-11,17-18,32H,3,12H2,1-2H3,(H2,27,28,31)/t17-,18+,22+/m0/s1. The number of methoxy groups -OCH3 is 1. The summed E-state index contributed by atoms with van der Waals surface area (Å²) < 4.78 is 52.0. The zero-order chi connectivity index (χ0) is 25.1. The van der Waals surface area contributed by atoms with Crippen LogP contribution in [0.15, 0.2) is 48.5 Å². The van der Waals surface area contributed by atoms with Gasteiger partial charge in [0.25, 0.3) is 0 Å². The Balaban J connectivity index is 2.05. The smallest absolute Gasteiger partial charge is 0.437 e. The number of rotatable bonds is 7. The van der Waals surface area contributed by atoms with Crippen molar-refractivity contribution in [3.8, 4) is 5.75 Å². The van der Waals surface area contributed by atoms with Crippen LogP contribution < -0.4 is 15.4 Å². The second-order valence-electron chi connectivity index (χ2n) is 7.67. The van der Waals surface area contributed by atoms with Crippen LogP contribution in [0.4, 0.5) is 18.0 Å². The van der Waals surface area contributed by atoms with Crippen LogP contribution in [0, 0.1) is 5.92 Å². The molecule has 0 spiro atoms. The summed E-state index contributed by atoms with van der Waals surface area (Å²) >= 11 is 0. The average molecular weight is 480 g/mol. The molecule has 3 rings (SSSR count). The van der Waals surface area contributed by atoms with E-state index in [4.69, 9.17) is 4.74 Å². The van der Waals surface area contributed by atoms with Crippen molar-refractivity contribution in [3.63, 3.8) is 0 Å². The van der Waals surface area contributed by atoms with Gasteiger partial charge in [-0.25, -0.2) is 9.59 Å². The van der Waals surface area contributed by atoms with Crippen LogP contribution in [0.2, 0.25) is 0 Å². The highest BCUT2D eigenvalue weighted by Gasteiger charge is 2.66. The molecule has 3 atom stereocenters. The predicted octanol–water partition coefficient (Wildman–Crippen LogP) is 3.37. The molecule has 1 saturated heterocycles. The molecule has 0 aromatic heterocycles. The van der Waals surface area contributed by atoms with Gasteiger partial charge < -0.3 is 25.2 Å². The first-order valence-corrected chi connectivity index (χ1v) is 10.3. The van der Waals surface area contributed by atoms with E-state index in [1.54, 1.807) is 0 Å². The lowest BCUT2D eigenvalue weighted by Crippen LogP contribution is -2.72. The lowest BCUT2D eigenvalue weighted by atomic mass is 9.77. The fourth-order valence-electron chi connectivity index (χ4n) is 3.68. The van der Waals surface area contributed by atoms with Crippen LogP contribution >= 0.6 is 0 Å². The molecule has 8 nitrogen and oxygen atoms in total. The summed E-state index contributed by atoms with van der Waals surface area (Å²) in [6.07, 6.45) is -4.64. The number of hydrogen-bond donors (Lipinski definition) is 3. The molecule has 182 valence electrons. The average Bonchev–Trinajstić information content (AvgIpc) is 2.81. The number of Topliss-reactive ketones (excluding diaryl/α,β-unsaturated/α-hetero) is 1. The summed E-state index contributed by atoms with van der Waals surface area (Å²) in [4.78, 5) is 37.1. The first-order valence-electron chi connectivity index (χ1n) is 10.3. The minimum atomic E-state index is -5.38. The quantitative estimate of drug-likeness (QED) is 0.414. The molecule has 0 radical (unpaired) electrons. The number of alkyl halides is 3. The number of nitrogens with one attached hydrogen (secondary N) is 2. The van der Waals surface area contributed by atoms with Gasteiger partial charge >= 0.3 is 18.2 Å². The Hall–Kier alpha value is -3.60. The van der Waals surface area contributed by atoms with Gasteiger partial charge in [0.2, 0.25) is 5.72 Å². The van der Waals surface area contributed by atoms with E-state index in [9.17, 15) is 32.7 Å². The highest BCUT2D eigenvalue weighted by atomic mass is 19.4. The van der Waals surface area contributed by atoms with Crippen molar-refractivity contribution < 1.29 is 42.1 Å². The summed E-state index contributed by atoms with van der Waals surface area (Å²) in [5, 5.41) is 14.4. The number of carbonyl (C=O) groups is 3. The van der Waals surface area contributed by atoms with Crippen LogP contribution in [-0.2, 0) is 4.74 Å². The summed E-state index contributed by atoms with van der Waals surface area (Å²) in [7, 11) is 1.17. The van der Waals surface area contributed by atoms with Crippen LogP contribution in [-0.4, -0.2) is 48.5 Å². The largest absolute Gasteiger partial charge is 0.494 e. The van der Waals surface area contributed by atoms with Gasteiger partial charge in [-0.3, -0.25) is 4.79 Å². The van der Waals surface area contributed by atoms with Crippen molar-refractivity contribution in [1.82, 2.24) is 10.6 Å². The number of carbonyl (C=O) groups excluding carboxylic acids is 3. The molecule has 2 amide bonds. The molecule has 2 aromatic rings. The van der Waals surface area contributed by atoms with Crippen molar-refractivity contribution in [2.45, 2.75) is 31.3 Å². The monoisotopic (exact) mass is 480 g/mol. The molecule has 1 heterocycles. The molecule has 1 aliphatic heterocycles. The SMILES string of the molecule is CCCOc1ccc(C(=O)[C@@H]2[C@@H](c3ccc(C(=O)OC)cc3)NC(=O)N[C@]2(O)C(F)(F)F)cc1. The molecule has 0 bridgehead atoms. The van der Waals surface area contributed by atoms with Crippen molar-refractivity contribution in [2.24, 2.45) is 5.92 Å². The highest BCUT2D eigenvalue weighted by Crippen LogP contribution is 2.44. The third-order valence-corrected chi connectivity index (χ3v) is 5.39. The number of amides is 2. The van der Waals surface area contributed by atoms with Gasteiger partial charge in [0.05, 0.1) is 25.3 Å². The Bertz CT molecular complexity index is 1060. The zero-order valence-electron chi connectivity index (χ0n) is 18.3. The van der Waals surface area contributed by atoms with Crippen LogP contribution in [0.3, 0.4) is 0 Å². The molecular formula is C23H23F3N2O6. The molecule has 11 heteroatoms. The molecule has 0 aliphatic carbocycles. The molecule has 1 fully saturated rings. The maximum absolute atomic E-state index is 14.0. The van der Waals surface area contributed by atoms with E-state index in [0.717, 1.165) is 6.42 Å². The third kappa shape index (κ3) is 4.84. The Kier molecular flexibility index (Phi) is 7.15. The Morgan fingerprint density at radius 1 is 1.06 bits per heavy atom. The lowest BCUT2D eigenvalue weighted by molar-refractivity contribution is -0.287. The summed E-state index contributed by atoms with van der Waals surface area (Å²) in [6.45, 7) is 2.32. The number of halogens is 3. The van der Waals surface area contributed by atoms with E-state index >= 15 is 0 Å². The van der Waals surface area contributed by atoms with Gasteiger partial charge in [0.1, 0.15) is 11.7 Å². The topological polar surface area (TPSA) is 114 Å². The molecular weight excluding hydrogens is 457 g/mol. The van der Waals surface area contributed by atoms with Crippen molar-refractivity contribution in [2.75, 3.05) is 13.7 Å². The third-order valence-electron chi connectivity index (χ3n) is 5.39. The molecule has 2 aromatic carbocycles. The number of esters is 1. The molecule has 1 aliphatic rings. The van der Waals surface area contributed by atoms with Crippen LogP contribution in [0.1, 0.15) is 45.7 Å². The number of hydrogen-bond acceptors (Lipinski definition) is 6. The zero-order valence-corrected chi connectivity index (χ0v) is 18.3. The normalized spacial score (nSPS) is 22.4. The molecule has 3 N–H and O–H groups in total. The Morgan fingerprint density at radius 3 is 2.18 bits per heavy atom. The fraction of sp³-hybridized carbons (Fsp3) is 0.348. The van der Waals surface area contributed by atoms with Crippen molar-refractivity contribution >= 4 is 17.8 Å². The Morgan fingerprint density at radius 2 is 1.65 bits per heavy atom. The first-order chi connectivity index (χ1) is 16.0. The number of ketones is 1. The van der Waals surface area contributed by atoms with E-state index in [1.165, 1.54) is 61.0 Å². The van der Waals surface area contributed by atoms with Crippen LogP contribution in [0.5, 0.6) is 5.75 Å². The van der Waals surface area contributed by atoms with E-state index in [0.29, 0.717) is 12.4 Å². The number of ether oxygens (including phenoxy) is 2. The molecule has 0 unspecified atom stereocenters. The van der Waals surface area contributed by atoms with Crippen LogP contribution in [0.25, 0.3) is 0 Å². The second-order valence-corrected chi connectivity index (χ2v) is 7.67. The van der Waals surface area contributed by atoms with Gasteiger partial charge in [-0.2, -0.15) is 13.2 Å². The van der Waals surface area contributed by atoms with Gasteiger partial charge in [0, 0.05) is 5.56 Å². The van der Waals surface area contributed by atoms with Gasteiger partial charge in [0.15, 0.2) is 5.78 Å². The predicted molar refractivity (Wildman–Crippen MR) is 113 cm³/mol. The maximum Gasteiger partial charge on any atom is 0.437 e. The lowest BCUT2D eigenvalue weighted by Gasteiger charge is -2.45. The van der Waals surface area contributed by atoms with Gasteiger partial charge in [-0.15, -0.1) is 0 Å². The maximum atomic E-state index is 14.0. The van der Waals surface area contributed by atoms with Gasteiger partial charge in [-0.05, 0) is 48.4 Å². The van der Waals surface area contributed by atoms with E-state index in [2.05, 4.69) is 10.1 Å². The number of aliphatic hydroxyl groups is 1. The minimum Gasteiger partial charge on any atom is -0.494 e. The first kappa shape index (κ1) is 25.0. The summed E-state index contributed by atoms with van der Waals surface area (Å²) in [5.41, 5.74) is -3.78. The second kappa shape index (κ2) is 9.72.